The summed E-state index contributed by atoms with van der Waals surface area (Å²) in [4.78, 5) is 25.3. The lowest BCUT2D eigenvalue weighted by atomic mass is 9.88. The number of fused-ring (bicyclic) bond motifs is 3. The molecule has 2 heterocycles. The van der Waals surface area contributed by atoms with Gasteiger partial charge in [-0.05, 0) is 19.1 Å². The van der Waals surface area contributed by atoms with E-state index in [0.29, 0.717) is 4.57 Å². The van der Waals surface area contributed by atoms with Crippen molar-refractivity contribution in [3.63, 3.8) is 0 Å². The maximum Gasteiger partial charge on any atom is 0.460 e. The molecule has 0 radical (unpaired) electrons. The van der Waals surface area contributed by atoms with Crippen LogP contribution in [0.1, 0.15) is 22.8 Å². The Morgan fingerprint density at radius 3 is 1.67 bits per heavy atom. The quantitative estimate of drug-likeness (QED) is 0.202. The summed E-state index contributed by atoms with van der Waals surface area (Å²) in [6.07, 6.45) is -7.59. The number of ether oxygens (including phenoxy) is 1. The number of hydrogen-bond acceptors (Lipinski definition) is 3. The van der Waals surface area contributed by atoms with Crippen molar-refractivity contribution in [3.8, 4) is 0 Å². The third-order valence-corrected chi connectivity index (χ3v) is 6.15. The molecule has 3 rings (SSSR count). The molecule has 5 nitrogen and oxygen atoms in total. The maximum absolute atomic E-state index is 15.4. The number of benzene rings is 1. The topological polar surface area (TPSA) is 52.7 Å². The minimum Gasteiger partial charge on any atom is -0.462 e. The predicted octanol–water partition coefficient (Wildman–Crippen LogP) is 6.80. The molecule has 20 heteroatoms. The Morgan fingerprint density at radius 1 is 0.738 bits per heavy atom. The van der Waals surface area contributed by atoms with Gasteiger partial charge >= 0.3 is 47.7 Å². The van der Waals surface area contributed by atoms with Crippen LogP contribution in [0.3, 0.4) is 0 Å². The van der Waals surface area contributed by atoms with Crippen LogP contribution in [0.5, 0.6) is 0 Å². The highest BCUT2D eigenvalue weighted by molar-refractivity contribution is 5.96. The van der Waals surface area contributed by atoms with E-state index in [4.69, 9.17) is 0 Å². The number of carbonyl (C=O) groups excluding carboxylic acids is 1. The van der Waals surface area contributed by atoms with Crippen molar-refractivity contribution >= 4 is 22.5 Å². The third-order valence-electron chi connectivity index (χ3n) is 6.15. The van der Waals surface area contributed by atoms with Gasteiger partial charge in [0.15, 0.2) is 0 Å². The molecule has 0 amide bonds. The van der Waals surface area contributed by atoms with E-state index in [1.807, 2.05) is 0 Å². The second kappa shape index (κ2) is 9.45. The largest absolute Gasteiger partial charge is 0.462 e. The number of hydrogen-bond donors (Lipinski definition) is 0. The highest BCUT2D eigenvalue weighted by Gasteiger charge is 2.93. The molecule has 0 N–H and O–H groups in total. The van der Waals surface area contributed by atoms with Crippen molar-refractivity contribution in [3.05, 3.63) is 51.9 Å². The lowest BCUT2D eigenvalue weighted by Crippen LogP contribution is -2.72. The molecule has 0 aliphatic heterocycles. The summed E-state index contributed by atoms with van der Waals surface area (Å²) >= 11 is 0. The molecule has 0 aliphatic carbocycles. The Bertz CT molecular complexity index is 1600. The number of nitrogens with zero attached hydrogens (tertiary/aromatic N) is 2. The highest BCUT2D eigenvalue weighted by atomic mass is 19.4. The van der Waals surface area contributed by atoms with Crippen LogP contribution >= 0.6 is 0 Å². The first kappa shape index (κ1) is 32.9. The number of aryl methyl sites for hydroxylation is 1. The number of alkyl halides is 15. The molecule has 2 aromatic heterocycles. The number of esters is 1. The fourth-order valence-corrected chi connectivity index (χ4v) is 3.93. The van der Waals surface area contributed by atoms with Crippen molar-refractivity contribution < 1.29 is 75.4 Å². The molecule has 0 bridgehead atoms. The Morgan fingerprint density at radius 2 is 1.19 bits per heavy atom. The Balaban J connectivity index is 2.45. The highest BCUT2D eigenvalue weighted by Crippen LogP contribution is 2.64. The maximum atomic E-state index is 15.4. The fraction of sp³-hybridized carbons (Fsp3) is 0.455. The van der Waals surface area contributed by atoms with Gasteiger partial charge in [-0.2, -0.15) is 65.9 Å². The van der Waals surface area contributed by atoms with E-state index in [2.05, 4.69) is 4.74 Å². The number of rotatable bonds is 8. The van der Waals surface area contributed by atoms with Gasteiger partial charge in [-0.3, -0.25) is 4.79 Å². The summed E-state index contributed by atoms with van der Waals surface area (Å²) in [7, 11) is 0.824. The first-order valence-electron chi connectivity index (χ1n) is 10.9. The summed E-state index contributed by atoms with van der Waals surface area (Å²) in [5, 5.41) is 0. The van der Waals surface area contributed by atoms with E-state index in [-0.39, 0.29) is 21.6 Å². The Kier molecular flexibility index (Phi) is 7.40. The van der Waals surface area contributed by atoms with Gasteiger partial charge in [0.1, 0.15) is 5.52 Å². The van der Waals surface area contributed by atoms with E-state index in [1.54, 1.807) is 0 Å². The van der Waals surface area contributed by atoms with Crippen molar-refractivity contribution in [2.45, 2.75) is 48.6 Å². The van der Waals surface area contributed by atoms with Gasteiger partial charge in [0.2, 0.25) is 0 Å². The second-order valence-corrected chi connectivity index (χ2v) is 8.65. The van der Waals surface area contributed by atoms with Crippen LogP contribution in [0.25, 0.3) is 16.6 Å². The van der Waals surface area contributed by atoms with Crippen LogP contribution in [0.15, 0.2) is 35.3 Å². The molecule has 1 aromatic carbocycles. The summed E-state index contributed by atoms with van der Waals surface area (Å²) in [6, 6.07) is 4.59. The van der Waals surface area contributed by atoms with E-state index in [1.165, 1.54) is 12.1 Å². The van der Waals surface area contributed by atoms with Gasteiger partial charge in [0, 0.05) is 13.2 Å². The first-order chi connectivity index (χ1) is 18.8. The zero-order valence-corrected chi connectivity index (χ0v) is 20.4. The standard InChI is InChI=1S/C22H13F15N2O3/c1-3-42-15(41)9-8-39-11-7-5-4-6-10(11)38(2)14(40)13(39)12(9)16(23,24)17(25,26)18(27,28)19(29,30)20(31,32)21(33,34)22(35,36)37/h4-8H,3H2,1-2H3. The summed E-state index contributed by atoms with van der Waals surface area (Å²) < 4.78 is 213. The minimum atomic E-state index is -8.54. The van der Waals surface area contributed by atoms with Crippen LogP contribution in [-0.2, 0) is 17.7 Å². The Hall–Kier alpha value is -3.61. The summed E-state index contributed by atoms with van der Waals surface area (Å²) in [5.41, 5.74) is -8.76. The molecule has 0 aliphatic rings. The fourth-order valence-electron chi connectivity index (χ4n) is 3.93. The molecule has 0 fully saturated rings. The Labute approximate surface area is 222 Å². The molecule has 0 saturated carbocycles. The molecule has 0 unspecified atom stereocenters. The average molecular weight is 638 g/mol. The van der Waals surface area contributed by atoms with Gasteiger partial charge in [0.25, 0.3) is 5.56 Å². The van der Waals surface area contributed by atoms with Crippen molar-refractivity contribution in [2.24, 2.45) is 7.05 Å². The lowest BCUT2D eigenvalue weighted by molar-refractivity contribution is -0.453. The molecule has 42 heavy (non-hydrogen) atoms. The van der Waals surface area contributed by atoms with Gasteiger partial charge in [-0.25, -0.2) is 4.79 Å². The van der Waals surface area contributed by atoms with Crippen LogP contribution in [0.4, 0.5) is 65.9 Å². The van der Waals surface area contributed by atoms with E-state index >= 15 is 8.78 Å². The molecule has 234 valence electrons. The average Bonchev–Trinajstić information content (AvgIpc) is 3.28. The molecule has 0 spiro atoms. The minimum absolute atomic E-state index is 0.166. The zero-order valence-electron chi connectivity index (χ0n) is 20.4. The van der Waals surface area contributed by atoms with Gasteiger partial charge in [0.05, 0.1) is 28.8 Å². The van der Waals surface area contributed by atoms with E-state index < -0.39 is 76.5 Å². The van der Waals surface area contributed by atoms with Crippen LogP contribution in [0, 0.1) is 0 Å². The lowest BCUT2D eigenvalue weighted by Gasteiger charge is -2.41. The third kappa shape index (κ3) is 4.03. The SMILES string of the molecule is CCOC(=O)c1cn2c(c1C(F)(F)C(F)(F)C(F)(F)C(F)(F)C(F)(F)C(F)(F)C(F)(F)F)c(=O)n(C)c1ccccc12. The molecule has 3 aromatic rings. The predicted molar refractivity (Wildman–Crippen MR) is 111 cm³/mol. The van der Waals surface area contributed by atoms with E-state index in [0.717, 1.165) is 26.1 Å². The van der Waals surface area contributed by atoms with Crippen LogP contribution in [-0.4, -0.2) is 57.3 Å². The number of para-hydroxylation sites is 2. The van der Waals surface area contributed by atoms with Gasteiger partial charge in [-0.15, -0.1) is 0 Å². The van der Waals surface area contributed by atoms with Gasteiger partial charge < -0.3 is 13.7 Å². The molecule has 0 saturated heterocycles. The summed E-state index contributed by atoms with van der Waals surface area (Å²) in [6.45, 7) is 0.296. The molecule has 0 atom stereocenters. The number of halogens is 15. The van der Waals surface area contributed by atoms with Crippen LogP contribution in [0.2, 0.25) is 0 Å². The van der Waals surface area contributed by atoms with Crippen LogP contribution < -0.4 is 5.56 Å². The molecular formula is C22H13F15N2O3. The monoisotopic (exact) mass is 638 g/mol. The van der Waals surface area contributed by atoms with Crippen molar-refractivity contribution in [1.82, 2.24) is 8.97 Å². The zero-order chi connectivity index (χ0) is 32.6. The molecular weight excluding hydrogens is 625 g/mol. The van der Waals surface area contributed by atoms with Crippen molar-refractivity contribution in [2.75, 3.05) is 6.61 Å². The number of carbonyl (C=O) groups is 1. The second-order valence-electron chi connectivity index (χ2n) is 8.65. The number of aromatic nitrogens is 2. The first-order valence-corrected chi connectivity index (χ1v) is 10.9. The summed E-state index contributed by atoms with van der Waals surface area (Å²) in [5.74, 6) is -50.6. The van der Waals surface area contributed by atoms with E-state index in [9.17, 15) is 66.7 Å². The van der Waals surface area contributed by atoms with Crippen molar-refractivity contribution in [1.29, 1.82) is 0 Å². The van der Waals surface area contributed by atoms with Gasteiger partial charge in [-0.1, -0.05) is 12.1 Å². The smallest absolute Gasteiger partial charge is 0.460 e. The normalized spacial score (nSPS) is 14.6.